The van der Waals surface area contributed by atoms with Gasteiger partial charge in [0.1, 0.15) is 17.7 Å². The third-order valence-electron chi connectivity index (χ3n) is 3.95. The first-order valence-electron chi connectivity index (χ1n) is 8.54. The van der Waals surface area contributed by atoms with Gasteiger partial charge >= 0.3 is 0 Å². The topological polar surface area (TPSA) is 90.5 Å². The molecule has 0 bridgehead atoms. The number of hydrogen-bond acceptors (Lipinski definition) is 5. The molecule has 8 nitrogen and oxygen atoms in total. The van der Waals surface area contributed by atoms with E-state index in [9.17, 15) is 4.79 Å². The molecule has 25 heavy (non-hydrogen) atoms. The summed E-state index contributed by atoms with van der Waals surface area (Å²) in [7, 11) is 0. The third-order valence-corrected chi connectivity index (χ3v) is 3.95. The van der Waals surface area contributed by atoms with Gasteiger partial charge in [0.05, 0.1) is 11.9 Å². The molecule has 0 radical (unpaired) electrons. The van der Waals surface area contributed by atoms with E-state index < -0.39 is 0 Å². The Kier molecular flexibility index (Phi) is 5.06. The number of nitrogens with one attached hydrogen (secondary N) is 1. The third kappa shape index (κ3) is 3.84. The van der Waals surface area contributed by atoms with Gasteiger partial charge in [0.15, 0.2) is 5.65 Å². The Bertz CT molecular complexity index is 865. The number of aryl methyl sites for hydroxylation is 1. The minimum atomic E-state index is -0.157. The van der Waals surface area contributed by atoms with Crippen LogP contribution in [0, 0.1) is 5.92 Å². The summed E-state index contributed by atoms with van der Waals surface area (Å²) < 4.78 is 3.97. The van der Waals surface area contributed by atoms with Crippen molar-refractivity contribution in [2.24, 2.45) is 5.92 Å². The van der Waals surface area contributed by atoms with Crippen LogP contribution in [-0.2, 0) is 19.5 Å². The molecular formula is C17H23N7O. The van der Waals surface area contributed by atoms with E-state index in [1.807, 2.05) is 16.1 Å². The molecule has 1 amide bonds. The zero-order valence-corrected chi connectivity index (χ0v) is 14.8. The van der Waals surface area contributed by atoms with E-state index in [2.05, 4.69) is 39.3 Å². The Labute approximate surface area is 146 Å². The number of imidazole rings is 1. The van der Waals surface area contributed by atoms with Crippen molar-refractivity contribution in [3.63, 3.8) is 0 Å². The zero-order chi connectivity index (χ0) is 17.8. The highest BCUT2D eigenvalue weighted by atomic mass is 16.1. The number of pyridine rings is 1. The molecule has 0 saturated carbocycles. The summed E-state index contributed by atoms with van der Waals surface area (Å²) in [4.78, 5) is 21.1. The fourth-order valence-electron chi connectivity index (χ4n) is 2.73. The van der Waals surface area contributed by atoms with Gasteiger partial charge in [-0.05, 0) is 18.9 Å². The number of carbonyl (C=O) groups is 1. The molecule has 132 valence electrons. The summed E-state index contributed by atoms with van der Waals surface area (Å²) in [6.07, 6.45) is 5.71. The van der Waals surface area contributed by atoms with Crippen molar-refractivity contribution in [3.05, 3.63) is 36.3 Å². The quantitative estimate of drug-likeness (QED) is 0.706. The van der Waals surface area contributed by atoms with Crippen LogP contribution >= 0.6 is 0 Å². The second-order valence-corrected chi connectivity index (χ2v) is 6.40. The summed E-state index contributed by atoms with van der Waals surface area (Å²) in [5.74, 6) is 1.21. The largest absolute Gasteiger partial charge is 0.352 e. The number of amides is 1. The molecule has 0 saturated heterocycles. The normalized spacial score (nSPS) is 11.4. The van der Waals surface area contributed by atoms with Crippen molar-refractivity contribution in [1.29, 1.82) is 0 Å². The molecule has 3 aromatic heterocycles. The number of carbonyl (C=O) groups excluding carboxylic acids is 1. The minimum Gasteiger partial charge on any atom is -0.352 e. The van der Waals surface area contributed by atoms with Crippen LogP contribution in [0.15, 0.2) is 24.9 Å². The van der Waals surface area contributed by atoms with E-state index in [-0.39, 0.29) is 5.91 Å². The van der Waals surface area contributed by atoms with E-state index >= 15 is 0 Å². The first kappa shape index (κ1) is 17.1. The van der Waals surface area contributed by atoms with Gasteiger partial charge in [-0.15, -0.1) is 10.2 Å². The Morgan fingerprint density at radius 3 is 2.84 bits per heavy atom. The van der Waals surface area contributed by atoms with Crippen LogP contribution < -0.4 is 5.32 Å². The van der Waals surface area contributed by atoms with E-state index in [1.165, 1.54) is 0 Å². The van der Waals surface area contributed by atoms with Crippen molar-refractivity contribution in [1.82, 2.24) is 34.6 Å². The molecule has 0 aliphatic rings. The SMILES string of the molecule is CCn1cnnc1CCNC(=O)c1cnc2c(c1)ncn2CC(C)C. The maximum Gasteiger partial charge on any atom is 0.252 e. The Morgan fingerprint density at radius 2 is 2.08 bits per heavy atom. The van der Waals surface area contributed by atoms with Crippen molar-refractivity contribution in [3.8, 4) is 0 Å². The van der Waals surface area contributed by atoms with Gasteiger partial charge in [-0.25, -0.2) is 9.97 Å². The van der Waals surface area contributed by atoms with Crippen LogP contribution in [-0.4, -0.2) is 41.8 Å². The maximum atomic E-state index is 12.3. The molecule has 0 aromatic carbocycles. The van der Waals surface area contributed by atoms with Crippen molar-refractivity contribution in [2.45, 2.75) is 40.3 Å². The molecule has 0 spiro atoms. The highest BCUT2D eigenvalue weighted by molar-refractivity contribution is 5.96. The minimum absolute atomic E-state index is 0.157. The predicted molar refractivity (Wildman–Crippen MR) is 94.1 cm³/mol. The fraction of sp³-hybridized carbons (Fsp3) is 0.471. The second kappa shape index (κ2) is 7.42. The lowest BCUT2D eigenvalue weighted by molar-refractivity contribution is 0.0953. The standard InChI is InChI=1S/C17H23N7O/c1-4-23-11-21-22-15(23)5-6-18-17(25)13-7-14-16(19-8-13)24(10-20-14)9-12(2)3/h7-8,10-12H,4-6,9H2,1-3H3,(H,18,25). The number of aromatic nitrogens is 6. The molecule has 0 fully saturated rings. The Morgan fingerprint density at radius 1 is 1.24 bits per heavy atom. The van der Waals surface area contributed by atoms with Crippen LogP contribution in [0.4, 0.5) is 0 Å². The molecule has 3 heterocycles. The first-order chi connectivity index (χ1) is 12.1. The average molecular weight is 341 g/mol. The first-order valence-corrected chi connectivity index (χ1v) is 8.54. The summed E-state index contributed by atoms with van der Waals surface area (Å²) in [5.41, 5.74) is 2.06. The molecule has 1 N–H and O–H groups in total. The number of hydrogen-bond donors (Lipinski definition) is 1. The zero-order valence-electron chi connectivity index (χ0n) is 14.8. The second-order valence-electron chi connectivity index (χ2n) is 6.40. The average Bonchev–Trinajstić information content (AvgIpc) is 3.20. The summed E-state index contributed by atoms with van der Waals surface area (Å²) in [6.45, 7) is 8.49. The number of fused-ring (bicyclic) bond motifs is 1. The fourth-order valence-corrected chi connectivity index (χ4v) is 2.73. The maximum absolute atomic E-state index is 12.3. The number of rotatable bonds is 7. The van der Waals surface area contributed by atoms with E-state index in [0.717, 1.165) is 30.1 Å². The molecule has 0 aliphatic heterocycles. The van der Waals surface area contributed by atoms with E-state index in [1.54, 1.807) is 24.9 Å². The summed E-state index contributed by atoms with van der Waals surface area (Å²) in [6, 6.07) is 1.78. The van der Waals surface area contributed by atoms with Crippen molar-refractivity contribution < 1.29 is 4.79 Å². The van der Waals surface area contributed by atoms with E-state index in [0.29, 0.717) is 24.4 Å². The van der Waals surface area contributed by atoms with Gasteiger partial charge < -0.3 is 14.5 Å². The van der Waals surface area contributed by atoms with Crippen molar-refractivity contribution in [2.75, 3.05) is 6.54 Å². The predicted octanol–water partition coefficient (Wildman–Crippen LogP) is 1.67. The molecule has 0 unspecified atom stereocenters. The van der Waals surface area contributed by atoms with Gasteiger partial charge in [-0.3, -0.25) is 4.79 Å². The van der Waals surface area contributed by atoms with Gasteiger partial charge in [-0.1, -0.05) is 13.8 Å². The lowest BCUT2D eigenvalue weighted by Gasteiger charge is -2.07. The smallest absolute Gasteiger partial charge is 0.252 e. The van der Waals surface area contributed by atoms with Crippen LogP contribution in [0.3, 0.4) is 0 Å². The monoisotopic (exact) mass is 341 g/mol. The van der Waals surface area contributed by atoms with Gasteiger partial charge in [0.25, 0.3) is 5.91 Å². The molecule has 3 rings (SSSR count). The summed E-state index contributed by atoms with van der Waals surface area (Å²) >= 11 is 0. The molecule has 0 atom stereocenters. The van der Waals surface area contributed by atoms with Gasteiger partial charge in [0.2, 0.25) is 0 Å². The lowest BCUT2D eigenvalue weighted by Crippen LogP contribution is -2.26. The molecular weight excluding hydrogens is 318 g/mol. The molecule has 8 heteroatoms. The van der Waals surface area contributed by atoms with Crippen LogP contribution in [0.1, 0.15) is 37.0 Å². The Balaban J connectivity index is 1.64. The number of nitrogens with zero attached hydrogens (tertiary/aromatic N) is 6. The Hall–Kier alpha value is -2.77. The molecule has 0 aliphatic carbocycles. The van der Waals surface area contributed by atoms with E-state index in [4.69, 9.17) is 0 Å². The van der Waals surface area contributed by atoms with Crippen LogP contribution in [0.25, 0.3) is 11.2 Å². The van der Waals surface area contributed by atoms with Crippen LogP contribution in [0.5, 0.6) is 0 Å². The highest BCUT2D eigenvalue weighted by Gasteiger charge is 2.11. The van der Waals surface area contributed by atoms with Gasteiger partial charge in [0, 0.05) is 32.3 Å². The van der Waals surface area contributed by atoms with Crippen molar-refractivity contribution >= 4 is 17.1 Å². The van der Waals surface area contributed by atoms with Gasteiger partial charge in [-0.2, -0.15) is 0 Å². The lowest BCUT2D eigenvalue weighted by atomic mass is 10.2. The summed E-state index contributed by atoms with van der Waals surface area (Å²) in [5, 5.41) is 10.8. The highest BCUT2D eigenvalue weighted by Crippen LogP contribution is 2.13. The van der Waals surface area contributed by atoms with Crippen LogP contribution in [0.2, 0.25) is 0 Å². The molecule has 3 aromatic rings.